The molecule has 0 amide bonds. The van der Waals surface area contributed by atoms with E-state index in [9.17, 15) is 0 Å². The van der Waals surface area contributed by atoms with Gasteiger partial charge >= 0.3 is 0 Å². The minimum Gasteiger partial charge on any atom is -0.380 e. The molecule has 2 aromatic carbocycles. The second-order valence-corrected chi connectivity index (χ2v) is 6.22. The van der Waals surface area contributed by atoms with Gasteiger partial charge in [0.1, 0.15) is 0 Å². The van der Waals surface area contributed by atoms with Gasteiger partial charge in [-0.05, 0) is 49.2 Å². The molecule has 1 saturated carbocycles. The molecular formula is C18H22N2S. The molecule has 0 spiro atoms. The maximum atomic E-state index is 4.34. The smallest absolute Gasteiger partial charge is 0.0462 e. The molecule has 0 saturated heterocycles. The van der Waals surface area contributed by atoms with Crippen LogP contribution in [-0.4, -0.2) is 12.1 Å². The quantitative estimate of drug-likeness (QED) is 0.706. The number of benzene rings is 2. The molecule has 0 bridgehead atoms. The molecule has 21 heavy (non-hydrogen) atoms. The van der Waals surface area contributed by atoms with E-state index in [4.69, 9.17) is 0 Å². The van der Waals surface area contributed by atoms with Crippen LogP contribution in [0.1, 0.15) is 25.7 Å². The summed E-state index contributed by atoms with van der Waals surface area (Å²) in [6.45, 7) is 0. The van der Waals surface area contributed by atoms with Crippen LogP contribution in [0.2, 0.25) is 0 Å². The van der Waals surface area contributed by atoms with E-state index < -0.39 is 0 Å². The summed E-state index contributed by atoms with van der Waals surface area (Å²) in [6, 6.07) is 19.7. The van der Waals surface area contributed by atoms with Crippen LogP contribution in [-0.2, 0) is 0 Å². The van der Waals surface area contributed by atoms with Crippen LogP contribution in [0.15, 0.2) is 59.5 Å². The summed E-state index contributed by atoms with van der Waals surface area (Å²) in [5.41, 5.74) is 2.39. The van der Waals surface area contributed by atoms with Crippen LogP contribution in [0.25, 0.3) is 0 Å². The maximum absolute atomic E-state index is 4.34. The van der Waals surface area contributed by atoms with Crippen LogP contribution >= 0.6 is 12.6 Å². The second-order valence-electron chi connectivity index (χ2n) is 5.70. The van der Waals surface area contributed by atoms with E-state index in [0.717, 1.165) is 4.90 Å². The van der Waals surface area contributed by atoms with Crippen LogP contribution in [0.4, 0.5) is 11.4 Å². The van der Waals surface area contributed by atoms with E-state index in [0.29, 0.717) is 12.1 Å². The average molecular weight is 298 g/mol. The summed E-state index contributed by atoms with van der Waals surface area (Å²) < 4.78 is 0. The van der Waals surface area contributed by atoms with Gasteiger partial charge in [0.05, 0.1) is 0 Å². The number of thiol groups is 1. The zero-order valence-electron chi connectivity index (χ0n) is 12.1. The minimum atomic E-state index is 0.477. The predicted molar refractivity (Wildman–Crippen MR) is 93.4 cm³/mol. The van der Waals surface area contributed by atoms with Gasteiger partial charge in [0.25, 0.3) is 0 Å². The highest BCUT2D eigenvalue weighted by Crippen LogP contribution is 2.25. The van der Waals surface area contributed by atoms with Crippen LogP contribution < -0.4 is 10.6 Å². The fraction of sp³-hybridized carbons (Fsp3) is 0.333. The Bertz CT molecular complexity index is 553. The van der Waals surface area contributed by atoms with Crippen molar-refractivity contribution in [3.05, 3.63) is 54.6 Å². The Kier molecular flexibility index (Phi) is 4.71. The Morgan fingerprint density at radius 1 is 0.714 bits per heavy atom. The number of hydrogen-bond acceptors (Lipinski definition) is 3. The molecule has 0 aromatic heterocycles. The molecule has 1 aliphatic rings. The summed E-state index contributed by atoms with van der Waals surface area (Å²) in [5, 5.41) is 7.37. The Hall–Kier alpha value is -1.61. The molecule has 2 nitrogen and oxygen atoms in total. The van der Waals surface area contributed by atoms with Crippen LogP contribution in [0.3, 0.4) is 0 Å². The third-order valence-electron chi connectivity index (χ3n) is 4.11. The molecule has 1 fully saturated rings. The van der Waals surface area contributed by atoms with Gasteiger partial charge in [0.15, 0.2) is 0 Å². The first-order valence-corrected chi connectivity index (χ1v) is 8.13. The minimum absolute atomic E-state index is 0.477. The van der Waals surface area contributed by atoms with Crippen molar-refractivity contribution in [3.63, 3.8) is 0 Å². The normalized spacial score (nSPS) is 21.8. The van der Waals surface area contributed by atoms with Crippen molar-refractivity contribution in [2.24, 2.45) is 0 Å². The molecule has 3 heteroatoms. The predicted octanol–water partition coefficient (Wildman–Crippen LogP) is 4.81. The molecule has 0 heterocycles. The summed E-state index contributed by atoms with van der Waals surface area (Å²) in [6.07, 6.45) is 5.04. The van der Waals surface area contributed by atoms with E-state index in [1.165, 1.54) is 37.1 Å². The lowest BCUT2D eigenvalue weighted by atomic mass is 9.90. The second kappa shape index (κ2) is 6.90. The van der Waals surface area contributed by atoms with E-state index in [-0.39, 0.29) is 0 Å². The van der Waals surface area contributed by atoms with Gasteiger partial charge in [0.2, 0.25) is 0 Å². The van der Waals surface area contributed by atoms with Crippen molar-refractivity contribution in [3.8, 4) is 0 Å². The lowest BCUT2D eigenvalue weighted by Gasteiger charge is -2.34. The molecule has 2 N–H and O–H groups in total. The van der Waals surface area contributed by atoms with E-state index in [1.54, 1.807) is 0 Å². The van der Waals surface area contributed by atoms with Crippen molar-refractivity contribution < 1.29 is 0 Å². The monoisotopic (exact) mass is 298 g/mol. The molecule has 0 aliphatic heterocycles. The fourth-order valence-electron chi connectivity index (χ4n) is 3.00. The highest BCUT2D eigenvalue weighted by molar-refractivity contribution is 7.80. The number of anilines is 2. The van der Waals surface area contributed by atoms with Gasteiger partial charge in [-0.1, -0.05) is 31.0 Å². The Labute approximate surface area is 132 Å². The van der Waals surface area contributed by atoms with Crippen molar-refractivity contribution >= 4 is 24.0 Å². The summed E-state index contributed by atoms with van der Waals surface area (Å²) >= 11 is 4.34. The molecule has 3 rings (SSSR count). The Morgan fingerprint density at radius 3 is 1.81 bits per heavy atom. The van der Waals surface area contributed by atoms with Gasteiger partial charge in [-0.15, -0.1) is 12.6 Å². The molecule has 2 aromatic rings. The molecule has 110 valence electrons. The average Bonchev–Trinajstić information content (AvgIpc) is 2.52. The van der Waals surface area contributed by atoms with Gasteiger partial charge in [-0.3, -0.25) is 0 Å². The largest absolute Gasteiger partial charge is 0.380 e. The first-order valence-electron chi connectivity index (χ1n) is 7.68. The lowest BCUT2D eigenvalue weighted by Crippen LogP contribution is -2.41. The number of rotatable bonds is 4. The summed E-state index contributed by atoms with van der Waals surface area (Å²) in [7, 11) is 0. The highest BCUT2D eigenvalue weighted by atomic mass is 32.1. The third kappa shape index (κ3) is 3.94. The van der Waals surface area contributed by atoms with Crippen molar-refractivity contribution in [1.29, 1.82) is 0 Å². The molecule has 0 unspecified atom stereocenters. The van der Waals surface area contributed by atoms with Crippen molar-refractivity contribution in [2.75, 3.05) is 10.6 Å². The Morgan fingerprint density at radius 2 is 1.24 bits per heavy atom. The van der Waals surface area contributed by atoms with Crippen molar-refractivity contribution in [2.45, 2.75) is 42.7 Å². The van der Waals surface area contributed by atoms with Crippen LogP contribution in [0, 0.1) is 0 Å². The zero-order valence-corrected chi connectivity index (χ0v) is 13.0. The summed E-state index contributed by atoms with van der Waals surface area (Å²) in [4.78, 5) is 1.00. The fourth-order valence-corrected chi connectivity index (χ4v) is 3.15. The molecule has 0 radical (unpaired) electrons. The lowest BCUT2D eigenvalue weighted by molar-refractivity contribution is 0.424. The topological polar surface area (TPSA) is 24.1 Å². The van der Waals surface area contributed by atoms with Gasteiger partial charge in [-0.2, -0.15) is 0 Å². The first kappa shape index (κ1) is 14.3. The number of para-hydroxylation sites is 1. The first-order chi connectivity index (χ1) is 10.3. The van der Waals surface area contributed by atoms with Gasteiger partial charge in [-0.25, -0.2) is 0 Å². The van der Waals surface area contributed by atoms with E-state index >= 15 is 0 Å². The van der Waals surface area contributed by atoms with E-state index in [2.05, 4.69) is 65.7 Å². The van der Waals surface area contributed by atoms with Crippen molar-refractivity contribution in [1.82, 2.24) is 0 Å². The SMILES string of the molecule is Sc1ccc(N[C@H]2CCCC[C@@H]2Nc2ccccc2)cc1. The van der Waals surface area contributed by atoms with E-state index in [1.807, 2.05) is 12.1 Å². The maximum Gasteiger partial charge on any atom is 0.0462 e. The van der Waals surface area contributed by atoms with Crippen LogP contribution in [0.5, 0.6) is 0 Å². The molecule has 1 aliphatic carbocycles. The Balaban J connectivity index is 1.68. The number of nitrogens with one attached hydrogen (secondary N) is 2. The highest BCUT2D eigenvalue weighted by Gasteiger charge is 2.24. The molecular weight excluding hydrogens is 276 g/mol. The zero-order chi connectivity index (χ0) is 14.5. The van der Waals surface area contributed by atoms with Gasteiger partial charge in [0, 0.05) is 28.4 Å². The van der Waals surface area contributed by atoms with Gasteiger partial charge < -0.3 is 10.6 Å². The standard InChI is InChI=1S/C18H22N2S/c21-16-12-10-15(11-13-16)20-18-9-5-4-8-17(18)19-14-6-2-1-3-7-14/h1-3,6-7,10-13,17-21H,4-5,8-9H2/t17-,18-/m0/s1. The number of hydrogen-bond donors (Lipinski definition) is 3. The molecule has 2 atom stereocenters. The summed E-state index contributed by atoms with van der Waals surface area (Å²) in [5.74, 6) is 0. The third-order valence-corrected chi connectivity index (χ3v) is 4.41.